The van der Waals surface area contributed by atoms with Gasteiger partial charge >= 0.3 is 8.48 Å². The van der Waals surface area contributed by atoms with E-state index in [4.69, 9.17) is 9.18 Å². The molecule has 0 atom stereocenters. The fourth-order valence-electron chi connectivity index (χ4n) is 1.66. The molecule has 0 radical (unpaired) electrons. The van der Waals surface area contributed by atoms with Gasteiger partial charge in [0.1, 0.15) is 5.84 Å². The Morgan fingerprint density at radius 2 is 1.87 bits per heavy atom. The van der Waals surface area contributed by atoms with E-state index in [2.05, 4.69) is 19.3 Å². The maximum Gasteiger partial charge on any atom is 0.349 e. The topological polar surface area (TPSA) is 33.6 Å². The van der Waals surface area contributed by atoms with Gasteiger partial charge in [-0.3, -0.25) is 14.7 Å². The average Bonchev–Trinajstić information content (AvgIpc) is 2.75. The third-order valence-electron chi connectivity index (χ3n) is 2.81. The van der Waals surface area contributed by atoms with E-state index in [1.165, 1.54) is 0 Å². The average molecular weight is 220 g/mol. The lowest BCUT2D eigenvalue weighted by atomic mass is 10.2. The lowest BCUT2D eigenvalue weighted by Gasteiger charge is -2.15. The SMILES string of the molecule is CC[Si]1(CC)N=C(c2ccccc2)NO1. The molecule has 0 aliphatic carbocycles. The van der Waals surface area contributed by atoms with Gasteiger partial charge in [-0.15, -0.1) is 0 Å². The van der Waals surface area contributed by atoms with Crippen LogP contribution in [0.15, 0.2) is 35.0 Å². The summed E-state index contributed by atoms with van der Waals surface area (Å²) in [5, 5.41) is 0. The Morgan fingerprint density at radius 3 is 2.40 bits per heavy atom. The van der Waals surface area contributed by atoms with Crippen LogP contribution >= 0.6 is 0 Å². The maximum absolute atomic E-state index is 5.69. The van der Waals surface area contributed by atoms with Gasteiger partial charge in [0.15, 0.2) is 0 Å². The second-order valence-electron chi connectivity index (χ2n) is 3.68. The molecule has 3 nitrogen and oxygen atoms in total. The minimum atomic E-state index is -1.85. The highest BCUT2D eigenvalue weighted by Gasteiger charge is 2.37. The number of hydroxylamine groups is 1. The zero-order valence-electron chi connectivity index (χ0n) is 9.16. The molecule has 0 amide bonds. The zero-order valence-corrected chi connectivity index (χ0v) is 10.2. The summed E-state index contributed by atoms with van der Waals surface area (Å²) in [6.45, 7) is 4.30. The second-order valence-corrected chi connectivity index (χ2v) is 7.42. The van der Waals surface area contributed by atoms with Crippen LogP contribution in [0.4, 0.5) is 0 Å². The largest absolute Gasteiger partial charge is 0.349 e. The molecule has 1 aromatic carbocycles. The van der Waals surface area contributed by atoms with Gasteiger partial charge in [0.25, 0.3) is 0 Å². The Labute approximate surface area is 91.3 Å². The number of hydrogen-bond donors (Lipinski definition) is 1. The predicted molar refractivity (Wildman–Crippen MR) is 63.9 cm³/mol. The Balaban J connectivity index is 2.27. The van der Waals surface area contributed by atoms with E-state index in [0.717, 1.165) is 23.5 Å². The van der Waals surface area contributed by atoms with Crippen molar-refractivity contribution in [2.24, 2.45) is 4.66 Å². The highest BCUT2D eigenvalue weighted by molar-refractivity contribution is 6.74. The summed E-state index contributed by atoms with van der Waals surface area (Å²) in [6, 6.07) is 12.2. The van der Waals surface area contributed by atoms with Crippen LogP contribution in [0.3, 0.4) is 0 Å². The Hall–Kier alpha value is -1.13. The van der Waals surface area contributed by atoms with Gasteiger partial charge in [0.2, 0.25) is 0 Å². The van der Waals surface area contributed by atoms with Crippen molar-refractivity contribution in [2.75, 3.05) is 0 Å². The molecule has 0 unspecified atom stereocenters. The molecule has 0 bridgehead atoms. The van der Waals surface area contributed by atoms with Crippen LogP contribution < -0.4 is 5.48 Å². The number of hydrogen-bond acceptors (Lipinski definition) is 3. The summed E-state index contributed by atoms with van der Waals surface area (Å²) in [7, 11) is -1.85. The summed E-state index contributed by atoms with van der Waals surface area (Å²) < 4.78 is 10.4. The number of amidine groups is 1. The molecule has 80 valence electrons. The number of nitrogens with zero attached hydrogens (tertiary/aromatic N) is 1. The van der Waals surface area contributed by atoms with Gasteiger partial charge in [-0.2, -0.15) is 0 Å². The smallest absolute Gasteiger partial charge is 0.292 e. The van der Waals surface area contributed by atoms with Crippen LogP contribution in [-0.2, 0) is 4.53 Å². The van der Waals surface area contributed by atoms with Gasteiger partial charge in [-0.25, -0.2) is 0 Å². The molecule has 4 heteroatoms. The minimum absolute atomic E-state index is 0.894. The van der Waals surface area contributed by atoms with Gasteiger partial charge in [-0.1, -0.05) is 44.2 Å². The third-order valence-corrected chi connectivity index (χ3v) is 6.13. The van der Waals surface area contributed by atoms with Crippen LogP contribution in [0.5, 0.6) is 0 Å². The number of rotatable bonds is 3. The van der Waals surface area contributed by atoms with E-state index >= 15 is 0 Å². The van der Waals surface area contributed by atoms with E-state index in [9.17, 15) is 0 Å². The van der Waals surface area contributed by atoms with Crippen molar-refractivity contribution in [2.45, 2.75) is 25.9 Å². The lowest BCUT2D eigenvalue weighted by Crippen LogP contribution is -2.33. The molecule has 0 fully saturated rings. The van der Waals surface area contributed by atoms with Gasteiger partial charge < -0.3 is 0 Å². The standard InChI is InChI=1S/C11H16N2OSi/c1-3-15(4-2)13-11(12-14-15)10-8-6-5-7-9-10/h5-9H,3-4H2,1-2H3,(H,12,13). The molecule has 0 aromatic heterocycles. The Bertz CT molecular complexity index is 360. The van der Waals surface area contributed by atoms with Crippen LogP contribution in [0.2, 0.25) is 12.1 Å². The molecule has 1 N–H and O–H groups in total. The monoisotopic (exact) mass is 220 g/mol. The quantitative estimate of drug-likeness (QED) is 0.794. The maximum atomic E-state index is 5.69. The highest BCUT2D eigenvalue weighted by Crippen LogP contribution is 2.22. The molecule has 1 heterocycles. The van der Waals surface area contributed by atoms with E-state index in [1.807, 2.05) is 30.3 Å². The van der Waals surface area contributed by atoms with E-state index in [-0.39, 0.29) is 0 Å². The fourth-order valence-corrected chi connectivity index (χ4v) is 3.68. The molecule has 1 aromatic rings. The first-order valence-electron chi connectivity index (χ1n) is 5.39. The number of nitrogens with one attached hydrogen (secondary N) is 1. The van der Waals surface area contributed by atoms with Gasteiger partial charge in [0, 0.05) is 5.56 Å². The number of benzene rings is 1. The minimum Gasteiger partial charge on any atom is -0.292 e. The van der Waals surface area contributed by atoms with Gasteiger partial charge in [-0.05, 0) is 12.1 Å². The first-order chi connectivity index (χ1) is 7.29. The molecule has 1 aliphatic rings. The molecule has 0 saturated carbocycles. The third kappa shape index (κ3) is 1.96. The van der Waals surface area contributed by atoms with Crippen molar-refractivity contribution >= 4 is 14.3 Å². The predicted octanol–water partition coefficient (Wildman–Crippen LogP) is 2.45. The summed E-state index contributed by atoms with van der Waals surface area (Å²) in [6.07, 6.45) is 0. The molecule has 1 aliphatic heterocycles. The fraction of sp³-hybridized carbons (Fsp3) is 0.364. The first-order valence-corrected chi connectivity index (χ1v) is 7.66. The molecule has 2 rings (SSSR count). The van der Waals surface area contributed by atoms with Crippen molar-refractivity contribution in [3.8, 4) is 0 Å². The molecule has 0 saturated heterocycles. The second kappa shape index (κ2) is 4.16. The van der Waals surface area contributed by atoms with Crippen LogP contribution in [0.25, 0.3) is 0 Å². The van der Waals surface area contributed by atoms with Crippen LogP contribution in [-0.4, -0.2) is 14.3 Å². The lowest BCUT2D eigenvalue weighted by molar-refractivity contribution is 0.260. The molecule has 0 spiro atoms. The summed E-state index contributed by atoms with van der Waals surface area (Å²) >= 11 is 0. The Morgan fingerprint density at radius 1 is 1.20 bits per heavy atom. The molecular weight excluding hydrogens is 204 g/mol. The van der Waals surface area contributed by atoms with Gasteiger partial charge in [0.05, 0.1) is 0 Å². The zero-order chi connectivity index (χ0) is 10.7. The molecular formula is C11H16N2OSi. The van der Waals surface area contributed by atoms with E-state index in [1.54, 1.807) is 0 Å². The van der Waals surface area contributed by atoms with Crippen molar-refractivity contribution in [1.29, 1.82) is 0 Å². The summed E-state index contributed by atoms with van der Waals surface area (Å²) in [5.41, 5.74) is 4.08. The van der Waals surface area contributed by atoms with Crippen molar-refractivity contribution in [3.05, 3.63) is 35.9 Å². The van der Waals surface area contributed by atoms with E-state index < -0.39 is 8.48 Å². The Kier molecular flexibility index (Phi) is 2.88. The van der Waals surface area contributed by atoms with Crippen molar-refractivity contribution in [3.63, 3.8) is 0 Å². The van der Waals surface area contributed by atoms with Crippen LogP contribution in [0.1, 0.15) is 19.4 Å². The normalized spacial score (nSPS) is 18.4. The molecule has 15 heavy (non-hydrogen) atoms. The first kappa shape index (κ1) is 10.4. The summed E-state index contributed by atoms with van der Waals surface area (Å²) in [4.78, 5) is 0. The van der Waals surface area contributed by atoms with Crippen molar-refractivity contribution in [1.82, 2.24) is 5.48 Å². The highest BCUT2D eigenvalue weighted by atomic mass is 28.4. The van der Waals surface area contributed by atoms with Crippen molar-refractivity contribution < 1.29 is 4.53 Å². The van der Waals surface area contributed by atoms with E-state index in [0.29, 0.717) is 0 Å². The van der Waals surface area contributed by atoms with Crippen LogP contribution in [0, 0.1) is 0 Å². The summed E-state index contributed by atoms with van der Waals surface area (Å²) in [5.74, 6) is 0.894.